The van der Waals surface area contributed by atoms with Gasteiger partial charge in [0.1, 0.15) is 23.9 Å². The Hall–Kier alpha value is -4.53. The van der Waals surface area contributed by atoms with Crippen molar-refractivity contribution in [2.24, 2.45) is 0 Å². The number of aryl methyl sites for hydroxylation is 1. The third kappa shape index (κ3) is 6.08. The molecule has 180 valence electrons. The minimum absolute atomic E-state index is 0.0916. The summed E-state index contributed by atoms with van der Waals surface area (Å²) in [5, 5.41) is 9.79. The molecule has 2 N–H and O–H groups in total. The smallest absolute Gasteiger partial charge is 0.291 e. The number of benzene rings is 2. The highest BCUT2D eigenvalue weighted by atomic mass is 16.5. The molecular formula is C26H26N4O5. The maximum Gasteiger partial charge on any atom is 0.291 e. The van der Waals surface area contributed by atoms with Crippen LogP contribution in [0.3, 0.4) is 0 Å². The fourth-order valence-corrected chi connectivity index (χ4v) is 3.27. The van der Waals surface area contributed by atoms with E-state index < -0.39 is 11.8 Å². The van der Waals surface area contributed by atoms with Crippen LogP contribution in [0.15, 0.2) is 77.3 Å². The van der Waals surface area contributed by atoms with E-state index in [1.54, 1.807) is 47.3 Å². The SMILES string of the molecule is CCOc1ccc(OCc2ccc(C(=O)Nc3cn(CC)nc3C(=O)Nc3ccccc3)o2)cc1. The van der Waals surface area contributed by atoms with Crippen LogP contribution in [0.5, 0.6) is 11.5 Å². The van der Waals surface area contributed by atoms with Gasteiger partial charge in [-0.25, -0.2) is 0 Å². The van der Waals surface area contributed by atoms with Gasteiger partial charge in [0.2, 0.25) is 0 Å². The van der Waals surface area contributed by atoms with Crippen LogP contribution in [0.2, 0.25) is 0 Å². The number of furan rings is 1. The Balaban J connectivity index is 1.40. The van der Waals surface area contributed by atoms with Crippen molar-refractivity contribution in [2.75, 3.05) is 17.2 Å². The normalized spacial score (nSPS) is 10.6. The molecule has 9 nitrogen and oxygen atoms in total. The molecule has 4 rings (SSSR count). The number of anilines is 2. The highest BCUT2D eigenvalue weighted by Crippen LogP contribution is 2.21. The highest BCUT2D eigenvalue weighted by molar-refractivity contribution is 6.10. The van der Waals surface area contributed by atoms with Crippen molar-refractivity contribution in [3.63, 3.8) is 0 Å². The first-order valence-electron chi connectivity index (χ1n) is 11.2. The van der Waals surface area contributed by atoms with E-state index in [2.05, 4.69) is 15.7 Å². The summed E-state index contributed by atoms with van der Waals surface area (Å²) in [6, 6.07) is 19.5. The van der Waals surface area contributed by atoms with Crippen molar-refractivity contribution in [1.82, 2.24) is 9.78 Å². The van der Waals surface area contributed by atoms with Crippen LogP contribution in [0, 0.1) is 0 Å². The van der Waals surface area contributed by atoms with Gasteiger partial charge in [-0.3, -0.25) is 14.3 Å². The molecule has 2 aromatic heterocycles. The molecule has 0 aliphatic carbocycles. The first-order chi connectivity index (χ1) is 17.1. The summed E-state index contributed by atoms with van der Waals surface area (Å²) in [5.41, 5.74) is 1.02. The first-order valence-corrected chi connectivity index (χ1v) is 11.2. The number of nitrogens with zero attached hydrogens (tertiary/aromatic N) is 2. The molecule has 0 spiro atoms. The topological polar surface area (TPSA) is 108 Å². The molecule has 0 radical (unpaired) electrons. The summed E-state index contributed by atoms with van der Waals surface area (Å²) < 4.78 is 18.3. The van der Waals surface area contributed by atoms with Crippen LogP contribution in [0.25, 0.3) is 0 Å². The molecule has 35 heavy (non-hydrogen) atoms. The molecule has 0 aliphatic heterocycles. The molecule has 2 heterocycles. The molecule has 0 saturated carbocycles. The van der Waals surface area contributed by atoms with Gasteiger partial charge in [0, 0.05) is 18.4 Å². The molecule has 4 aromatic rings. The fourth-order valence-electron chi connectivity index (χ4n) is 3.27. The lowest BCUT2D eigenvalue weighted by Gasteiger charge is -2.07. The van der Waals surface area contributed by atoms with Gasteiger partial charge in [-0.05, 0) is 62.4 Å². The van der Waals surface area contributed by atoms with Crippen molar-refractivity contribution in [2.45, 2.75) is 27.0 Å². The summed E-state index contributed by atoms with van der Waals surface area (Å²) in [6.07, 6.45) is 1.61. The van der Waals surface area contributed by atoms with E-state index in [4.69, 9.17) is 13.9 Å². The van der Waals surface area contributed by atoms with Gasteiger partial charge in [0.25, 0.3) is 11.8 Å². The predicted molar refractivity (Wildman–Crippen MR) is 131 cm³/mol. The largest absolute Gasteiger partial charge is 0.494 e. The summed E-state index contributed by atoms with van der Waals surface area (Å²) in [6.45, 7) is 5.09. The van der Waals surface area contributed by atoms with Gasteiger partial charge in [-0.1, -0.05) is 18.2 Å². The molecule has 9 heteroatoms. The van der Waals surface area contributed by atoms with E-state index in [0.29, 0.717) is 30.3 Å². The number of ether oxygens (including phenoxy) is 2. The van der Waals surface area contributed by atoms with Gasteiger partial charge in [0.15, 0.2) is 11.5 Å². The molecule has 0 atom stereocenters. The average Bonchev–Trinajstić information content (AvgIpc) is 3.52. The zero-order chi connectivity index (χ0) is 24.6. The number of carbonyl (C=O) groups is 2. The second-order valence-corrected chi connectivity index (χ2v) is 7.48. The van der Waals surface area contributed by atoms with Crippen molar-refractivity contribution >= 4 is 23.2 Å². The lowest BCUT2D eigenvalue weighted by atomic mass is 10.3. The summed E-state index contributed by atoms with van der Waals surface area (Å²) in [4.78, 5) is 25.6. The number of nitrogens with one attached hydrogen (secondary N) is 2. The van der Waals surface area contributed by atoms with Crippen LogP contribution in [0.1, 0.15) is 40.7 Å². The molecule has 0 fully saturated rings. The number of aromatic nitrogens is 2. The van der Waals surface area contributed by atoms with Crippen molar-refractivity contribution in [3.8, 4) is 11.5 Å². The molecular weight excluding hydrogens is 448 g/mol. The number of hydrogen-bond acceptors (Lipinski definition) is 6. The predicted octanol–water partition coefficient (Wildman–Crippen LogP) is 4.98. The van der Waals surface area contributed by atoms with E-state index >= 15 is 0 Å². The molecule has 0 aliphatic rings. The number of rotatable bonds is 10. The van der Waals surface area contributed by atoms with Crippen LogP contribution >= 0.6 is 0 Å². The lowest BCUT2D eigenvalue weighted by molar-refractivity contribution is 0.0992. The molecule has 0 unspecified atom stereocenters. The molecule has 0 bridgehead atoms. The lowest BCUT2D eigenvalue weighted by Crippen LogP contribution is -2.17. The van der Waals surface area contributed by atoms with E-state index in [9.17, 15) is 9.59 Å². The first kappa shape index (κ1) is 23.6. The Morgan fingerprint density at radius 1 is 0.886 bits per heavy atom. The summed E-state index contributed by atoms with van der Waals surface area (Å²) in [5.74, 6) is 1.06. The van der Waals surface area contributed by atoms with Gasteiger partial charge in [0.05, 0.1) is 12.3 Å². The molecule has 2 amide bonds. The maximum absolute atomic E-state index is 12.8. The Kier molecular flexibility index (Phi) is 7.47. The van der Waals surface area contributed by atoms with E-state index in [1.807, 2.05) is 44.2 Å². The maximum atomic E-state index is 12.8. The zero-order valence-electron chi connectivity index (χ0n) is 19.5. The Morgan fingerprint density at radius 3 is 2.29 bits per heavy atom. The van der Waals surface area contributed by atoms with Crippen LogP contribution in [-0.4, -0.2) is 28.2 Å². The van der Waals surface area contributed by atoms with Gasteiger partial charge in [-0.15, -0.1) is 0 Å². The van der Waals surface area contributed by atoms with Crippen LogP contribution < -0.4 is 20.1 Å². The fraction of sp³-hybridized carbons (Fsp3) is 0.192. The van der Waals surface area contributed by atoms with Crippen LogP contribution in [0.4, 0.5) is 11.4 Å². The average molecular weight is 475 g/mol. The zero-order valence-corrected chi connectivity index (χ0v) is 19.5. The number of para-hydroxylation sites is 1. The standard InChI is InChI=1S/C26H26N4O5/c1-3-30-16-22(24(29-30)26(32)27-18-8-6-5-7-9-18)28-25(31)23-15-14-21(35-23)17-34-20-12-10-19(11-13-20)33-4-2/h5-16H,3-4,17H2,1-2H3,(H,27,32)(H,28,31). The number of carbonyl (C=O) groups excluding carboxylic acids is 2. The summed E-state index contributed by atoms with van der Waals surface area (Å²) in [7, 11) is 0. The quantitative estimate of drug-likeness (QED) is 0.336. The van der Waals surface area contributed by atoms with Gasteiger partial charge in [-0.2, -0.15) is 5.10 Å². The second-order valence-electron chi connectivity index (χ2n) is 7.48. The third-order valence-corrected chi connectivity index (χ3v) is 4.98. The number of hydrogen-bond donors (Lipinski definition) is 2. The van der Waals surface area contributed by atoms with E-state index in [1.165, 1.54) is 0 Å². The van der Waals surface area contributed by atoms with Gasteiger partial charge >= 0.3 is 0 Å². The molecule has 0 saturated heterocycles. The van der Waals surface area contributed by atoms with Gasteiger partial charge < -0.3 is 24.5 Å². The molecule has 2 aromatic carbocycles. The minimum Gasteiger partial charge on any atom is -0.494 e. The van der Waals surface area contributed by atoms with Crippen molar-refractivity contribution in [1.29, 1.82) is 0 Å². The van der Waals surface area contributed by atoms with Crippen molar-refractivity contribution in [3.05, 3.63) is 90.1 Å². The second kappa shape index (κ2) is 11.1. The third-order valence-electron chi connectivity index (χ3n) is 4.98. The Labute approximate surface area is 202 Å². The van der Waals surface area contributed by atoms with E-state index in [-0.39, 0.29) is 23.7 Å². The van der Waals surface area contributed by atoms with Crippen LogP contribution in [-0.2, 0) is 13.2 Å². The highest BCUT2D eigenvalue weighted by Gasteiger charge is 2.21. The monoisotopic (exact) mass is 474 g/mol. The van der Waals surface area contributed by atoms with Crippen molar-refractivity contribution < 1.29 is 23.5 Å². The van der Waals surface area contributed by atoms with E-state index in [0.717, 1.165) is 5.75 Å². The Bertz CT molecular complexity index is 1280. The summed E-state index contributed by atoms with van der Waals surface area (Å²) >= 11 is 0. The number of amides is 2. The Morgan fingerprint density at radius 2 is 1.60 bits per heavy atom. The minimum atomic E-state index is -0.498.